The second-order valence-electron chi connectivity index (χ2n) is 3.27. The van der Waals surface area contributed by atoms with Crippen molar-refractivity contribution in [2.45, 2.75) is 0 Å². The Bertz CT molecular complexity index is 552. The van der Waals surface area contributed by atoms with Crippen LogP contribution >= 0.6 is 0 Å². The van der Waals surface area contributed by atoms with Gasteiger partial charge in [0.25, 0.3) is 0 Å². The molecule has 0 spiro atoms. The fourth-order valence-electron chi connectivity index (χ4n) is 1.62. The van der Waals surface area contributed by atoms with Crippen LogP contribution in [0, 0.1) is 0 Å². The van der Waals surface area contributed by atoms with Crippen LogP contribution in [0.25, 0.3) is 12.2 Å². The Labute approximate surface area is 86.9 Å². The molecule has 2 aliphatic rings. The normalized spacial score (nSPS) is 16.0. The SMILES string of the molecule is C1=CN=Cc2c(oc3c2C=NCC=C3)C=1. The van der Waals surface area contributed by atoms with Gasteiger partial charge in [-0.05, 0) is 6.08 Å². The molecule has 3 rings (SSSR count). The van der Waals surface area contributed by atoms with Gasteiger partial charge < -0.3 is 4.42 Å². The predicted octanol–water partition coefficient (Wildman–Crippen LogP) is 2.28. The smallest absolute Gasteiger partial charge is 0.144 e. The number of fused-ring (bicyclic) bond motifs is 3. The topological polar surface area (TPSA) is 37.9 Å². The largest absolute Gasteiger partial charge is 0.455 e. The van der Waals surface area contributed by atoms with Gasteiger partial charge in [-0.25, -0.2) is 0 Å². The number of furan rings is 1. The van der Waals surface area contributed by atoms with Crippen LogP contribution in [0.3, 0.4) is 0 Å². The van der Waals surface area contributed by atoms with Gasteiger partial charge in [-0.15, -0.1) is 0 Å². The van der Waals surface area contributed by atoms with Crippen LogP contribution < -0.4 is 0 Å². The summed E-state index contributed by atoms with van der Waals surface area (Å²) in [5.74, 6) is 1.63. The molecule has 0 saturated carbocycles. The summed E-state index contributed by atoms with van der Waals surface area (Å²) in [5.41, 5.74) is 4.89. The second kappa shape index (κ2) is 3.23. The van der Waals surface area contributed by atoms with Gasteiger partial charge in [0.2, 0.25) is 0 Å². The minimum absolute atomic E-state index is 0.699. The molecule has 1 aromatic heterocycles. The van der Waals surface area contributed by atoms with Crippen molar-refractivity contribution in [1.29, 1.82) is 0 Å². The number of aliphatic imine (C=N–C) groups is 2. The van der Waals surface area contributed by atoms with Crippen LogP contribution in [-0.2, 0) is 0 Å². The van der Waals surface area contributed by atoms with Crippen LogP contribution in [-0.4, -0.2) is 19.0 Å². The molecular weight excluding hydrogens is 188 g/mol. The van der Waals surface area contributed by atoms with Crippen LogP contribution in [0.15, 0.2) is 32.4 Å². The molecule has 0 N–H and O–H groups in total. The number of rotatable bonds is 0. The summed E-state index contributed by atoms with van der Waals surface area (Å²) >= 11 is 0. The van der Waals surface area contributed by atoms with Crippen molar-refractivity contribution < 1.29 is 4.42 Å². The Hall–Kier alpha value is -2.12. The van der Waals surface area contributed by atoms with Gasteiger partial charge >= 0.3 is 0 Å². The van der Waals surface area contributed by atoms with E-state index in [0.29, 0.717) is 6.54 Å². The molecule has 2 aliphatic heterocycles. The van der Waals surface area contributed by atoms with Crippen molar-refractivity contribution in [2.75, 3.05) is 6.54 Å². The standard InChI is InChI=1S/C12H8N2O/c1-3-11-9(7-13-5-1)10-8-14-6-2-4-12(10)15-11/h1,3-4,6-8H,5H2. The maximum atomic E-state index is 5.68. The van der Waals surface area contributed by atoms with E-state index in [-0.39, 0.29) is 0 Å². The lowest BCUT2D eigenvalue weighted by Crippen LogP contribution is -1.89. The van der Waals surface area contributed by atoms with Gasteiger partial charge in [0.1, 0.15) is 11.5 Å². The first-order valence-electron chi connectivity index (χ1n) is 4.72. The molecule has 0 fully saturated rings. The quantitative estimate of drug-likeness (QED) is 0.586. The average molecular weight is 196 g/mol. The van der Waals surface area contributed by atoms with E-state index in [9.17, 15) is 0 Å². The highest BCUT2D eigenvalue weighted by molar-refractivity contribution is 6.00. The van der Waals surface area contributed by atoms with Crippen molar-refractivity contribution >= 4 is 24.6 Å². The zero-order valence-corrected chi connectivity index (χ0v) is 7.97. The highest BCUT2D eigenvalue weighted by Crippen LogP contribution is 2.24. The van der Waals surface area contributed by atoms with Crippen molar-refractivity contribution in [3.05, 3.63) is 40.7 Å². The molecule has 0 radical (unpaired) electrons. The minimum Gasteiger partial charge on any atom is -0.455 e. The third-order valence-electron chi connectivity index (χ3n) is 2.31. The lowest BCUT2D eigenvalue weighted by molar-refractivity contribution is 0.546. The third kappa shape index (κ3) is 1.30. The first kappa shape index (κ1) is 8.21. The minimum atomic E-state index is 0.699. The van der Waals surface area contributed by atoms with E-state index in [1.54, 1.807) is 18.5 Å². The molecule has 72 valence electrons. The zero-order valence-electron chi connectivity index (χ0n) is 7.97. The molecular formula is C12H8N2O. The summed E-state index contributed by atoms with van der Waals surface area (Å²) in [6, 6.07) is 0. The van der Waals surface area contributed by atoms with E-state index >= 15 is 0 Å². The highest BCUT2D eigenvalue weighted by atomic mass is 16.3. The molecule has 1 aromatic rings. The maximum absolute atomic E-state index is 5.68. The fraction of sp³-hybridized carbons (Fsp3) is 0.0833. The Morgan fingerprint density at radius 3 is 3.13 bits per heavy atom. The van der Waals surface area contributed by atoms with Crippen LogP contribution in [0.5, 0.6) is 0 Å². The summed E-state index contributed by atoms with van der Waals surface area (Å²) < 4.78 is 5.68. The molecule has 0 unspecified atom stereocenters. The third-order valence-corrected chi connectivity index (χ3v) is 2.31. The van der Waals surface area contributed by atoms with E-state index in [4.69, 9.17) is 4.42 Å². The van der Waals surface area contributed by atoms with Crippen LogP contribution in [0.1, 0.15) is 22.6 Å². The van der Waals surface area contributed by atoms with Crippen LogP contribution in [0.4, 0.5) is 0 Å². The van der Waals surface area contributed by atoms with E-state index in [1.165, 1.54) is 0 Å². The Balaban J connectivity index is 2.29. The molecule has 0 bridgehead atoms. The molecule has 3 heteroatoms. The molecule has 15 heavy (non-hydrogen) atoms. The van der Waals surface area contributed by atoms with Gasteiger partial charge in [0, 0.05) is 29.6 Å². The second-order valence-corrected chi connectivity index (χ2v) is 3.27. The van der Waals surface area contributed by atoms with E-state index in [0.717, 1.165) is 22.6 Å². The Kier molecular flexibility index (Phi) is 1.77. The van der Waals surface area contributed by atoms with Crippen LogP contribution in [0.2, 0.25) is 0 Å². The van der Waals surface area contributed by atoms with E-state index < -0.39 is 0 Å². The summed E-state index contributed by atoms with van der Waals surface area (Å²) in [7, 11) is 0. The number of hydrogen-bond donors (Lipinski definition) is 0. The van der Waals surface area contributed by atoms with Crippen molar-refractivity contribution in [3.8, 4) is 0 Å². The molecule has 0 amide bonds. The predicted molar refractivity (Wildman–Crippen MR) is 60.3 cm³/mol. The van der Waals surface area contributed by atoms with Gasteiger partial charge in [-0.2, -0.15) is 0 Å². The van der Waals surface area contributed by atoms with Gasteiger partial charge in [-0.1, -0.05) is 11.8 Å². The maximum Gasteiger partial charge on any atom is 0.144 e. The monoisotopic (exact) mass is 196 g/mol. The molecule has 0 atom stereocenters. The first-order valence-corrected chi connectivity index (χ1v) is 4.72. The lowest BCUT2D eigenvalue weighted by Gasteiger charge is -1.89. The Morgan fingerprint density at radius 1 is 1.20 bits per heavy atom. The van der Waals surface area contributed by atoms with Gasteiger partial charge in [0.05, 0.1) is 12.7 Å². The van der Waals surface area contributed by atoms with E-state index in [1.807, 2.05) is 18.4 Å². The first-order chi connectivity index (χ1) is 7.45. The van der Waals surface area contributed by atoms with E-state index in [2.05, 4.69) is 15.7 Å². The molecule has 0 aromatic carbocycles. The summed E-state index contributed by atoms with van der Waals surface area (Å²) in [6.07, 6.45) is 10.9. The Morgan fingerprint density at radius 2 is 2.13 bits per heavy atom. The summed E-state index contributed by atoms with van der Waals surface area (Å²) in [5, 5.41) is 0. The van der Waals surface area contributed by atoms with Crippen molar-refractivity contribution in [3.63, 3.8) is 0 Å². The summed E-state index contributed by atoms with van der Waals surface area (Å²) in [6.45, 7) is 0.699. The van der Waals surface area contributed by atoms with Crippen molar-refractivity contribution in [1.82, 2.24) is 0 Å². The fourth-order valence-corrected chi connectivity index (χ4v) is 1.62. The van der Waals surface area contributed by atoms with Crippen molar-refractivity contribution in [2.24, 2.45) is 9.98 Å². The van der Waals surface area contributed by atoms with Gasteiger partial charge in [-0.3, -0.25) is 9.98 Å². The summed E-state index contributed by atoms with van der Waals surface area (Å²) in [4.78, 5) is 8.33. The molecule has 0 saturated heterocycles. The molecule has 3 nitrogen and oxygen atoms in total. The number of hydrogen-bond acceptors (Lipinski definition) is 3. The average Bonchev–Trinajstić information content (AvgIpc) is 2.51. The zero-order chi connectivity index (χ0) is 10.1. The number of nitrogens with zero attached hydrogens (tertiary/aromatic N) is 2. The van der Waals surface area contributed by atoms with Gasteiger partial charge in [0.15, 0.2) is 0 Å². The molecule has 0 aliphatic carbocycles. The molecule has 3 heterocycles. The highest BCUT2D eigenvalue weighted by Gasteiger charge is 2.15. The lowest BCUT2D eigenvalue weighted by atomic mass is 10.1.